The number of hydrogen-bond donors (Lipinski definition) is 1. The van der Waals surface area contributed by atoms with E-state index in [0.717, 1.165) is 25.9 Å². The zero-order chi connectivity index (χ0) is 24.2. The molecular weight excluding hydrogens is 442 g/mol. The Kier molecular flexibility index (Phi) is 6.85. The van der Waals surface area contributed by atoms with E-state index in [9.17, 15) is 19.7 Å². The second kappa shape index (κ2) is 9.98. The number of hydrogen-bond acceptors (Lipinski definition) is 8. The summed E-state index contributed by atoms with van der Waals surface area (Å²) < 4.78 is 16.2. The van der Waals surface area contributed by atoms with Crippen LogP contribution in [0.2, 0.25) is 0 Å². The summed E-state index contributed by atoms with van der Waals surface area (Å²) in [5.74, 6) is 0.188. The van der Waals surface area contributed by atoms with E-state index >= 15 is 0 Å². The minimum Gasteiger partial charge on any atom is -0.486 e. The molecule has 10 nitrogen and oxygen atoms in total. The SMILES string of the molecule is C[C@@H]1CCCN(c2ccc(C(=O)O[C@@H](C)C(=O)Nc3ccc4c(c3)OCCO4)cc2[N+](=O)[O-])C1. The molecule has 34 heavy (non-hydrogen) atoms. The molecule has 1 saturated heterocycles. The standard InChI is InChI=1S/C24H27N3O7/c1-15-4-3-9-26(14-15)19-7-5-17(12-20(19)27(30)31)24(29)34-16(2)23(28)25-18-6-8-21-22(13-18)33-11-10-32-21/h5-8,12-13,15-16H,3-4,9-11,14H2,1-2H3,(H,25,28)/t15-,16+/m1/s1. The van der Waals surface area contributed by atoms with Crippen molar-refractivity contribution < 1.29 is 28.7 Å². The number of amides is 1. The second-order valence-electron chi connectivity index (χ2n) is 8.55. The van der Waals surface area contributed by atoms with E-state index in [2.05, 4.69) is 12.2 Å². The quantitative estimate of drug-likeness (QED) is 0.385. The van der Waals surface area contributed by atoms with Gasteiger partial charge in [0.05, 0.1) is 10.5 Å². The molecule has 1 amide bonds. The number of nitro groups is 1. The molecule has 2 atom stereocenters. The molecule has 2 aliphatic heterocycles. The number of carbonyl (C=O) groups is 2. The topological polar surface area (TPSA) is 120 Å². The van der Waals surface area contributed by atoms with Gasteiger partial charge in [-0.15, -0.1) is 0 Å². The number of nitro benzene ring substituents is 1. The van der Waals surface area contributed by atoms with Gasteiger partial charge in [0, 0.05) is 30.9 Å². The fourth-order valence-electron chi connectivity index (χ4n) is 4.12. The molecule has 2 aromatic rings. The van der Waals surface area contributed by atoms with Crippen molar-refractivity contribution in [3.8, 4) is 11.5 Å². The summed E-state index contributed by atoms with van der Waals surface area (Å²) in [6, 6.07) is 9.25. The Balaban J connectivity index is 1.42. The van der Waals surface area contributed by atoms with Gasteiger partial charge in [0.2, 0.25) is 0 Å². The lowest BCUT2D eigenvalue weighted by Gasteiger charge is -2.32. The second-order valence-corrected chi connectivity index (χ2v) is 8.55. The Hall–Kier alpha value is -3.82. The van der Waals surface area contributed by atoms with Gasteiger partial charge < -0.3 is 24.4 Å². The lowest BCUT2D eigenvalue weighted by atomic mass is 9.99. The van der Waals surface area contributed by atoms with Gasteiger partial charge in [0.25, 0.3) is 11.6 Å². The Bertz CT molecular complexity index is 1100. The van der Waals surface area contributed by atoms with Gasteiger partial charge in [0.15, 0.2) is 17.6 Å². The molecule has 0 radical (unpaired) electrons. The summed E-state index contributed by atoms with van der Waals surface area (Å²) in [4.78, 5) is 38.4. The van der Waals surface area contributed by atoms with Gasteiger partial charge in [-0.2, -0.15) is 0 Å². The lowest BCUT2D eigenvalue weighted by Crippen LogP contribution is -2.34. The maximum Gasteiger partial charge on any atom is 0.339 e. The van der Waals surface area contributed by atoms with Crippen LogP contribution >= 0.6 is 0 Å². The average molecular weight is 469 g/mol. The number of piperidine rings is 1. The van der Waals surface area contributed by atoms with Crippen LogP contribution in [0.4, 0.5) is 17.1 Å². The van der Waals surface area contributed by atoms with Gasteiger partial charge in [-0.25, -0.2) is 4.79 Å². The molecule has 180 valence electrons. The van der Waals surface area contributed by atoms with Gasteiger partial charge >= 0.3 is 5.97 Å². The molecule has 0 saturated carbocycles. The molecule has 2 heterocycles. The molecule has 2 aromatic carbocycles. The Labute approximate surface area is 196 Å². The van der Waals surface area contributed by atoms with Crippen LogP contribution < -0.4 is 19.7 Å². The van der Waals surface area contributed by atoms with Crippen molar-refractivity contribution in [2.24, 2.45) is 5.92 Å². The molecule has 4 rings (SSSR count). The fraction of sp³-hybridized carbons (Fsp3) is 0.417. The molecule has 10 heteroatoms. The zero-order valence-electron chi connectivity index (χ0n) is 19.1. The monoisotopic (exact) mass is 469 g/mol. The molecule has 1 fully saturated rings. The maximum atomic E-state index is 12.6. The van der Waals surface area contributed by atoms with Crippen molar-refractivity contribution >= 4 is 28.9 Å². The summed E-state index contributed by atoms with van der Waals surface area (Å²) in [6.45, 7) is 5.88. The summed E-state index contributed by atoms with van der Waals surface area (Å²) in [7, 11) is 0. The van der Waals surface area contributed by atoms with Crippen LogP contribution in [0.3, 0.4) is 0 Å². The molecule has 0 aromatic heterocycles. The predicted molar refractivity (Wildman–Crippen MR) is 125 cm³/mol. The first-order valence-electron chi connectivity index (χ1n) is 11.3. The van der Waals surface area contributed by atoms with Crippen LogP contribution in [0.25, 0.3) is 0 Å². The molecule has 2 aliphatic rings. The summed E-state index contributed by atoms with van der Waals surface area (Å²) in [5.41, 5.74) is 0.807. The van der Waals surface area contributed by atoms with Crippen molar-refractivity contribution in [1.82, 2.24) is 0 Å². The van der Waals surface area contributed by atoms with Gasteiger partial charge in [-0.1, -0.05) is 6.92 Å². The highest BCUT2D eigenvalue weighted by Gasteiger charge is 2.27. The van der Waals surface area contributed by atoms with Crippen molar-refractivity contribution in [2.45, 2.75) is 32.8 Å². The molecule has 0 unspecified atom stereocenters. The van der Waals surface area contributed by atoms with Crippen molar-refractivity contribution in [3.63, 3.8) is 0 Å². The number of rotatable bonds is 6. The van der Waals surface area contributed by atoms with Crippen LogP contribution in [-0.4, -0.2) is 49.2 Å². The third kappa shape index (κ3) is 5.22. The number of fused-ring (bicyclic) bond motifs is 1. The van der Waals surface area contributed by atoms with Gasteiger partial charge in [-0.05, 0) is 49.9 Å². The van der Waals surface area contributed by atoms with Gasteiger partial charge in [0.1, 0.15) is 18.9 Å². The first-order valence-corrected chi connectivity index (χ1v) is 11.3. The van der Waals surface area contributed by atoms with Gasteiger partial charge in [-0.3, -0.25) is 14.9 Å². The molecule has 0 spiro atoms. The third-order valence-electron chi connectivity index (χ3n) is 5.87. The van der Waals surface area contributed by atoms with E-state index in [1.807, 2.05) is 4.90 Å². The number of benzene rings is 2. The van der Waals surface area contributed by atoms with E-state index in [4.69, 9.17) is 14.2 Å². The zero-order valence-corrected chi connectivity index (χ0v) is 19.1. The molecular formula is C24H27N3O7. The maximum absolute atomic E-state index is 12.6. The number of ether oxygens (including phenoxy) is 3. The number of esters is 1. The average Bonchev–Trinajstić information content (AvgIpc) is 2.83. The smallest absolute Gasteiger partial charge is 0.339 e. The van der Waals surface area contributed by atoms with Crippen LogP contribution in [0.1, 0.15) is 37.0 Å². The van der Waals surface area contributed by atoms with E-state index in [0.29, 0.717) is 42.0 Å². The largest absolute Gasteiger partial charge is 0.486 e. The first kappa shape index (κ1) is 23.3. The first-order chi connectivity index (χ1) is 16.3. The number of anilines is 2. The fourth-order valence-corrected chi connectivity index (χ4v) is 4.12. The lowest BCUT2D eigenvalue weighted by molar-refractivity contribution is -0.384. The number of nitrogens with one attached hydrogen (secondary N) is 1. The van der Waals surface area contributed by atoms with E-state index in [-0.39, 0.29) is 11.3 Å². The van der Waals surface area contributed by atoms with Crippen LogP contribution in [0.15, 0.2) is 36.4 Å². The summed E-state index contributed by atoms with van der Waals surface area (Å²) >= 11 is 0. The molecule has 1 N–H and O–H groups in total. The van der Waals surface area contributed by atoms with Crippen LogP contribution in [-0.2, 0) is 9.53 Å². The Morgan fingerprint density at radius 3 is 2.68 bits per heavy atom. The predicted octanol–water partition coefficient (Wildman–Crippen LogP) is 3.79. The summed E-state index contributed by atoms with van der Waals surface area (Å²) in [5, 5.41) is 14.4. The van der Waals surface area contributed by atoms with E-state index in [1.54, 1.807) is 24.3 Å². The normalized spacial score (nSPS) is 18.1. The van der Waals surface area contributed by atoms with E-state index in [1.165, 1.54) is 19.1 Å². The van der Waals surface area contributed by atoms with Crippen molar-refractivity contribution in [3.05, 3.63) is 52.1 Å². The minimum atomic E-state index is -1.12. The Morgan fingerprint density at radius 1 is 1.18 bits per heavy atom. The summed E-state index contributed by atoms with van der Waals surface area (Å²) in [6.07, 6.45) is 0.918. The minimum absolute atomic E-state index is 0.0134. The van der Waals surface area contributed by atoms with Crippen molar-refractivity contribution in [2.75, 3.05) is 36.5 Å². The third-order valence-corrected chi connectivity index (χ3v) is 5.87. The highest BCUT2D eigenvalue weighted by atomic mass is 16.6. The van der Waals surface area contributed by atoms with Crippen molar-refractivity contribution in [1.29, 1.82) is 0 Å². The van der Waals surface area contributed by atoms with Crippen LogP contribution in [0, 0.1) is 16.0 Å². The van der Waals surface area contributed by atoms with Crippen LogP contribution in [0.5, 0.6) is 11.5 Å². The highest BCUT2D eigenvalue weighted by Crippen LogP contribution is 2.34. The number of nitrogens with zero attached hydrogens (tertiary/aromatic N) is 2. The highest BCUT2D eigenvalue weighted by molar-refractivity contribution is 5.98. The molecule has 0 aliphatic carbocycles. The molecule has 0 bridgehead atoms. The van der Waals surface area contributed by atoms with E-state index < -0.39 is 22.9 Å². The number of carbonyl (C=O) groups excluding carboxylic acids is 2. The Morgan fingerprint density at radius 2 is 1.94 bits per heavy atom.